The van der Waals surface area contributed by atoms with E-state index in [1.807, 2.05) is 30.5 Å². The number of carbonyl (C=O) groups excluding carboxylic acids is 2. The number of hydrogen-bond donors (Lipinski definition) is 1. The van der Waals surface area contributed by atoms with Crippen LogP contribution in [0.2, 0.25) is 0 Å². The van der Waals surface area contributed by atoms with Gasteiger partial charge in [0.15, 0.2) is 0 Å². The van der Waals surface area contributed by atoms with Crippen LogP contribution in [0.4, 0.5) is 10.5 Å². The number of morpholine rings is 1. The first-order valence-corrected chi connectivity index (χ1v) is 9.61. The van der Waals surface area contributed by atoms with Gasteiger partial charge in [-0.2, -0.15) is 11.8 Å². The van der Waals surface area contributed by atoms with E-state index >= 15 is 0 Å². The largest absolute Gasteiger partial charge is 0.379 e. The number of nitrogens with zero attached hydrogens (tertiary/aromatic N) is 2. The maximum atomic E-state index is 12.4. The van der Waals surface area contributed by atoms with Gasteiger partial charge in [-0.3, -0.25) is 9.69 Å². The first-order chi connectivity index (χ1) is 11.7. The summed E-state index contributed by atoms with van der Waals surface area (Å²) >= 11 is 1.67. The fraction of sp³-hybridized carbons (Fsp3) is 0.529. The molecule has 7 heteroatoms. The average molecular weight is 349 g/mol. The number of carbonyl (C=O) groups is 2. The molecule has 0 aromatic heterocycles. The van der Waals surface area contributed by atoms with Crippen LogP contribution in [0.1, 0.15) is 12.0 Å². The maximum absolute atomic E-state index is 12.4. The van der Waals surface area contributed by atoms with Crippen LogP contribution in [-0.4, -0.2) is 61.2 Å². The van der Waals surface area contributed by atoms with Gasteiger partial charge >= 0.3 is 6.03 Å². The predicted molar refractivity (Wildman–Crippen MR) is 95.3 cm³/mol. The van der Waals surface area contributed by atoms with Gasteiger partial charge in [0, 0.05) is 19.6 Å². The molecule has 0 bridgehead atoms. The standard InChI is InChI=1S/C17H23N3O3S/c1-24-11-6-15-16(21)20(17(22)18-15)14-4-2-13(3-5-14)12-19-7-9-23-10-8-19/h2-5,15H,6-12H2,1H3,(H,18,22). The third-order valence-corrected chi connectivity index (χ3v) is 4.98. The van der Waals surface area contributed by atoms with Crippen molar-refractivity contribution >= 4 is 29.4 Å². The Morgan fingerprint density at radius 3 is 2.58 bits per heavy atom. The maximum Gasteiger partial charge on any atom is 0.329 e. The van der Waals surface area contributed by atoms with Gasteiger partial charge < -0.3 is 10.1 Å². The van der Waals surface area contributed by atoms with E-state index in [0.29, 0.717) is 12.1 Å². The van der Waals surface area contributed by atoms with Gasteiger partial charge in [-0.05, 0) is 36.1 Å². The second-order valence-electron chi connectivity index (χ2n) is 6.01. The van der Waals surface area contributed by atoms with Crippen LogP contribution in [0.25, 0.3) is 0 Å². The summed E-state index contributed by atoms with van der Waals surface area (Å²) in [4.78, 5) is 28.2. The molecule has 2 saturated heterocycles. The molecule has 2 fully saturated rings. The lowest BCUT2D eigenvalue weighted by atomic mass is 10.1. The molecule has 24 heavy (non-hydrogen) atoms. The first kappa shape index (κ1) is 17.3. The topological polar surface area (TPSA) is 61.9 Å². The molecule has 2 heterocycles. The molecular weight excluding hydrogens is 326 g/mol. The fourth-order valence-electron chi connectivity index (χ4n) is 2.98. The van der Waals surface area contributed by atoms with E-state index in [4.69, 9.17) is 4.74 Å². The van der Waals surface area contributed by atoms with Gasteiger partial charge in [0.25, 0.3) is 5.91 Å². The molecule has 0 aliphatic carbocycles. The highest BCUT2D eigenvalue weighted by Gasteiger charge is 2.38. The van der Waals surface area contributed by atoms with Crippen molar-refractivity contribution in [3.8, 4) is 0 Å². The number of hydrogen-bond acceptors (Lipinski definition) is 5. The Labute approximate surface area is 146 Å². The molecule has 2 aliphatic heterocycles. The zero-order valence-electron chi connectivity index (χ0n) is 13.9. The Bertz CT molecular complexity index is 587. The lowest BCUT2D eigenvalue weighted by Crippen LogP contribution is -2.35. The molecular formula is C17H23N3O3S. The van der Waals surface area contributed by atoms with E-state index in [1.165, 1.54) is 10.5 Å². The minimum atomic E-state index is -0.405. The van der Waals surface area contributed by atoms with Crippen molar-refractivity contribution in [3.63, 3.8) is 0 Å². The number of benzene rings is 1. The van der Waals surface area contributed by atoms with Crippen molar-refractivity contribution in [2.24, 2.45) is 0 Å². The van der Waals surface area contributed by atoms with Crippen molar-refractivity contribution in [2.75, 3.05) is 43.2 Å². The number of ether oxygens (including phenoxy) is 1. The summed E-state index contributed by atoms with van der Waals surface area (Å²) in [6.45, 7) is 4.29. The van der Waals surface area contributed by atoms with Crippen LogP contribution in [-0.2, 0) is 16.1 Å². The predicted octanol–water partition coefficient (Wildman–Crippen LogP) is 1.70. The molecule has 6 nitrogen and oxygen atoms in total. The van der Waals surface area contributed by atoms with E-state index in [2.05, 4.69) is 10.2 Å². The number of imide groups is 1. The molecule has 0 radical (unpaired) electrons. The summed E-state index contributed by atoms with van der Waals surface area (Å²) in [6.07, 6.45) is 2.66. The van der Waals surface area contributed by atoms with Crippen LogP contribution < -0.4 is 10.2 Å². The minimum absolute atomic E-state index is 0.157. The second-order valence-corrected chi connectivity index (χ2v) is 7.00. The molecule has 3 rings (SSSR count). The highest BCUT2D eigenvalue weighted by Crippen LogP contribution is 2.22. The molecule has 1 aromatic carbocycles. The monoisotopic (exact) mass is 349 g/mol. The van der Waals surface area contributed by atoms with E-state index in [1.54, 1.807) is 11.8 Å². The molecule has 0 spiro atoms. The first-order valence-electron chi connectivity index (χ1n) is 8.21. The Hall–Kier alpha value is -1.57. The smallest absolute Gasteiger partial charge is 0.329 e. The Morgan fingerprint density at radius 1 is 1.21 bits per heavy atom. The number of amides is 3. The summed E-state index contributed by atoms with van der Waals surface area (Å²) in [6, 6.07) is 6.94. The van der Waals surface area contributed by atoms with Gasteiger partial charge in [-0.25, -0.2) is 9.69 Å². The van der Waals surface area contributed by atoms with Crippen LogP contribution in [0.3, 0.4) is 0 Å². The zero-order valence-corrected chi connectivity index (χ0v) is 14.7. The quantitative estimate of drug-likeness (QED) is 0.792. The van der Waals surface area contributed by atoms with Gasteiger partial charge in [0.1, 0.15) is 6.04 Å². The number of anilines is 1. The average Bonchev–Trinajstić information content (AvgIpc) is 2.89. The lowest BCUT2D eigenvalue weighted by molar-refractivity contribution is -0.118. The molecule has 1 N–H and O–H groups in total. The number of thioether (sulfide) groups is 1. The molecule has 2 aliphatic rings. The fourth-order valence-corrected chi connectivity index (χ4v) is 3.45. The van der Waals surface area contributed by atoms with E-state index < -0.39 is 6.04 Å². The highest BCUT2D eigenvalue weighted by atomic mass is 32.2. The van der Waals surface area contributed by atoms with Gasteiger partial charge in [0.05, 0.1) is 18.9 Å². The van der Waals surface area contributed by atoms with Crippen molar-refractivity contribution in [2.45, 2.75) is 19.0 Å². The number of urea groups is 1. The Morgan fingerprint density at radius 2 is 1.92 bits per heavy atom. The minimum Gasteiger partial charge on any atom is -0.379 e. The van der Waals surface area contributed by atoms with Crippen LogP contribution >= 0.6 is 11.8 Å². The molecule has 3 amide bonds. The molecule has 0 saturated carbocycles. The van der Waals surface area contributed by atoms with Crippen LogP contribution in [0.15, 0.2) is 24.3 Å². The number of nitrogens with one attached hydrogen (secondary N) is 1. The molecule has 1 atom stereocenters. The van der Waals surface area contributed by atoms with Crippen molar-refractivity contribution in [3.05, 3.63) is 29.8 Å². The lowest BCUT2D eigenvalue weighted by Gasteiger charge is -2.26. The summed E-state index contributed by atoms with van der Waals surface area (Å²) in [5, 5.41) is 2.77. The summed E-state index contributed by atoms with van der Waals surface area (Å²) in [5.41, 5.74) is 1.81. The van der Waals surface area contributed by atoms with E-state index in [-0.39, 0.29) is 11.9 Å². The molecule has 1 unspecified atom stereocenters. The van der Waals surface area contributed by atoms with E-state index in [9.17, 15) is 9.59 Å². The van der Waals surface area contributed by atoms with Crippen LogP contribution in [0, 0.1) is 0 Å². The van der Waals surface area contributed by atoms with Crippen molar-refractivity contribution < 1.29 is 14.3 Å². The highest BCUT2D eigenvalue weighted by molar-refractivity contribution is 7.98. The summed E-state index contributed by atoms with van der Waals surface area (Å²) in [5.74, 6) is 0.693. The second kappa shape index (κ2) is 8.00. The zero-order chi connectivity index (χ0) is 16.9. The van der Waals surface area contributed by atoms with Gasteiger partial charge in [0.2, 0.25) is 0 Å². The molecule has 1 aromatic rings. The molecule has 130 valence electrons. The van der Waals surface area contributed by atoms with Crippen LogP contribution in [0.5, 0.6) is 0 Å². The van der Waals surface area contributed by atoms with Crippen molar-refractivity contribution in [1.82, 2.24) is 10.2 Å². The Balaban J connectivity index is 1.64. The van der Waals surface area contributed by atoms with Crippen molar-refractivity contribution in [1.29, 1.82) is 0 Å². The number of rotatable bonds is 6. The van der Waals surface area contributed by atoms with Gasteiger partial charge in [-0.15, -0.1) is 0 Å². The van der Waals surface area contributed by atoms with Gasteiger partial charge in [-0.1, -0.05) is 12.1 Å². The third kappa shape index (κ3) is 3.91. The SMILES string of the molecule is CSCCC1NC(=O)N(c2ccc(CN3CCOCC3)cc2)C1=O. The normalized spacial score (nSPS) is 22.0. The summed E-state index contributed by atoms with van der Waals surface area (Å²) in [7, 11) is 0. The van der Waals surface area contributed by atoms with E-state index in [0.717, 1.165) is 38.6 Å². The third-order valence-electron chi connectivity index (χ3n) is 4.33. The summed E-state index contributed by atoms with van der Waals surface area (Å²) < 4.78 is 5.35. The Kier molecular flexibility index (Phi) is 5.76.